The van der Waals surface area contributed by atoms with Crippen LogP contribution in [0.25, 0.3) is 0 Å². The largest absolute Gasteiger partial charge is 0.384 e. The molecule has 0 aromatic heterocycles. The molecule has 0 atom stereocenters. The van der Waals surface area contributed by atoms with E-state index in [0.29, 0.717) is 23.9 Å². The van der Waals surface area contributed by atoms with E-state index in [9.17, 15) is 4.79 Å². The molecule has 122 valence electrons. The second kappa shape index (κ2) is 8.02. The molecule has 0 heterocycles. The third-order valence-corrected chi connectivity index (χ3v) is 3.96. The first-order chi connectivity index (χ1) is 11.0. The first-order valence-electron chi connectivity index (χ1n) is 7.86. The average Bonchev–Trinajstić information content (AvgIpc) is 2.51. The topological polar surface area (TPSA) is 41.1 Å². The number of rotatable bonds is 6. The summed E-state index contributed by atoms with van der Waals surface area (Å²) < 4.78 is 0. The lowest BCUT2D eigenvalue weighted by Crippen LogP contribution is -2.17. The predicted octanol–water partition coefficient (Wildman–Crippen LogP) is 5.21. The van der Waals surface area contributed by atoms with Gasteiger partial charge >= 0.3 is 0 Å². The second-order valence-corrected chi connectivity index (χ2v) is 6.36. The van der Waals surface area contributed by atoms with Crippen LogP contribution in [0, 0.1) is 6.92 Å². The Morgan fingerprint density at radius 1 is 1.13 bits per heavy atom. The zero-order valence-corrected chi connectivity index (χ0v) is 14.6. The van der Waals surface area contributed by atoms with Crippen molar-refractivity contribution < 1.29 is 4.79 Å². The van der Waals surface area contributed by atoms with Gasteiger partial charge in [-0.2, -0.15) is 0 Å². The summed E-state index contributed by atoms with van der Waals surface area (Å²) in [6.45, 7) is 7.03. The molecule has 0 aliphatic rings. The van der Waals surface area contributed by atoms with Crippen LogP contribution in [-0.2, 0) is 4.79 Å². The predicted molar refractivity (Wildman–Crippen MR) is 98.5 cm³/mol. The van der Waals surface area contributed by atoms with Crippen LogP contribution in [-0.4, -0.2) is 12.5 Å². The number of carbonyl (C=O) groups excluding carboxylic acids is 1. The molecule has 0 saturated carbocycles. The van der Waals surface area contributed by atoms with Gasteiger partial charge in [-0.15, -0.1) is 0 Å². The van der Waals surface area contributed by atoms with Gasteiger partial charge < -0.3 is 10.6 Å². The monoisotopic (exact) mass is 330 g/mol. The van der Waals surface area contributed by atoms with Crippen LogP contribution in [0.5, 0.6) is 0 Å². The van der Waals surface area contributed by atoms with Gasteiger partial charge in [0.15, 0.2) is 0 Å². The van der Waals surface area contributed by atoms with Gasteiger partial charge in [0.2, 0.25) is 5.91 Å². The highest BCUT2D eigenvalue weighted by Crippen LogP contribution is 2.27. The summed E-state index contributed by atoms with van der Waals surface area (Å²) in [6.07, 6.45) is 0.411. The third kappa shape index (κ3) is 5.00. The first kappa shape index (κ1) is 17.4. The molecule has 0 aliphatic carbocycles. The van der Waals surface area contributed by atoms with Crippen molar-refractivity contribution in [2.75, 3.05) is 17.2 Å². The van der Waals surface area contributed by atoms with Crippen molar-refractivity contribution in [1.29, 1.82) is 0 Å². The van der Waals surface area contributed by atoms with E-state index in [1.807, 2.05) is 0 Å². The number of carbonyl (C=O) groups is 1. The van der Waals surface area contributed by atoms with E-state index in [4.69, 9.17) is 11.6 Å². The number of aryl methyl sites for hydroxylation is 1. The second-order valence-electron chi connectivity index (χ2n) is 5.93. The average molecular weight is 331 g/mol. The molecule has 3 nitrogen and oxygen atoms in total. The fourth-order valence-corrected chi connectivity index (χ4v) is 2.60. The molecule has 0 saturated heterocycles. The summed E-state index contributed by atoms with van der Waals surface area (Å²) in [6, 6.07) is 13.4. The Balaban J connectivity index is 1.90. The molecule has 0 spiro atoms. The summed E-state index contributed by atoms with van der Waals surface area (Å²) in [4.78, 5) is 12.0. The van der Waals surface area contributed by atoms with Crippen LogP contribution in [0.4, 0.5) is 11.4 Å². The van der Waals surface area contributed by atoms with Crippen LogP contribution in [0.15, 0.2) is 42.5 Å². The van der Waals surface area contributed by atoms with E-state index in [0.717, 1.165) is 11.4 Å². The van der Waals surface area contributed by atoms with E-state index in [1.54, 1.807) is 24.3 Å². The Labute approximate surface area is 143 Å². The minimum Gasteiger partial charge on any atom is -0.384 e. The number of halogens is 1. The summed E-state index contributed by atoms with van der Waals surface area (Å²) in [5.74, 6) is 0.430. The summed E-state index contributed by atoms with van der Waals surface area (Å²) in [7, 11) is 0. The lowest BCUT2D eigenvalue weighted by Gasteiger charge is -2.17. The maximum atomic E-state index is 12.0. The lowest BCUT2D eigenvalue weighted by atomic mass is 9.98. The van der Waals surface area contributed by atoms with Crippen molar-refractivity contribution in [3.8, 4) is 0 Å². The van der Waals surface area contributed by atoms with Gasteiger partial charge in [-0.25, -0.2) is 0 Å². The number of amides is 1. The van der Waals surface area contributed by atoms with Crippen molar-refractivity contribution in [2.24, 2.45) is 0 Å². The number of hydrogen-bond acceptors (Lipinski definition) is 2. The van der Waals surface area contributed by atoms with Crippen molar-refractivity contribution in [3.05, 3.63) is 58.6 Å². The SMILES string of the molecule is Cc1cccc(C(C)C)c1NCCC(=O)Nc1ccc(Cl)cc1. The number of nitrogens with one attached hydrogen (secondary N) is 2. The standard InChI is InChI=1S/C19H23ClN2O/c1-13(2)17-6-4-5-14(3)19(17)21-12-11-18(23)22-16-9-7-15(20)8-10-16/h4-10,13,21H,11-12H2,1-3H3,(H,22,23). The zero-order chi connectivity index (χ0) is 16.8. The smallest absolute Gasteiger partial charge is 0.226 e. The van der Waals surface area contributed by atoms with Crippen LogP contribution in [0.2, 0.25) is 5.02 Å². The molecule has 1 amide bonds. The Kier molecular flexibility index (Phi) is 6.05. The van der Waals surface area contributed by atoms with Gasteiger partial charge in [-0.05, 0) is 48.2 Å². The van der Waals surface area contributed by atoms with E-state index >= 15 is 0 Å². The van der Waals surface area contributed by atoms with E-state index in [-0.39, 0.29) is 5.91 Å². The molecule has 2 aromatic rings. The molecule has 0 radical (unpaired) electrons. The fourth-order valence-electron chi connectivity index (χ4n) is 2.47. The Morgan fingerprint density at radius 2 is 1.83 bits per heavy atom. The number of para-hydroxylation sites is 1. The Bertz CT molecular complexity index is 666. The third-order valence-electron chi connectivity index (χ3n) is 3.71. The molecule has 23 heavy (non-hydrogen) atoms. The van der Waals surface area contributed by atoms with E-state index in [2.05, 4.69) is 49.6 Å². The zero-order valence-electron chi connectivity index (χ0n) is 13.8. The van der Waals surface area contributed by atoms with Gasteiger partial charge in [0.05, 0.1) is 0 Å². The summed E-state index contributed by atoms with van der Waals surface area (Å²) in [5.41, 5.74) is 4.39. The Hall–Kier alpha value is -2.00. The molecule has 2 rings (SSSR count). The van der Waals surface area contributed by atoms with Crippen molar-refractivity contribution in [3.63, 3.8) is 0 Å². The van der Waals surface area contributed by atoms with Gasteiger partial charge in [-0.3, -0.25) is 4.79 Å². The summed E-state index contributed by atoms with van der Waals surface area (Å²) in [5, 5.41) is 6.93. The van der Waals surface area contributed by atoms with Crippen LogP contribution in [0.1, 0.15) is 37.3 Å². The van der Waals surface area contributed by atoms with Crippen molar-refractivity contribution in [2.45, 2.75) is 33.1 Å². The van der Waals surface area contributed by atoms with Gasteiger partial charge in [-0.1, -0.05) is 43.6 Å². The Morgan fingerprint density at radius 3 is 2.48 bits per heavy atom. The van der Waals surface area contributed by atoms with Crippen LogP contribution >= 0.6 is 11.6 Å². The quantitative estimate of drug-likeness (QED) is 0.763. The van der Waals surface area contributed by atoms with Gasteiger partial charge in [0.25, 0.3) is 0 Å². The first-order valence-corrected chi connectivity index (χ1v) is 8.24. The van der Waals surface area contributed by atoms with Gasteiger partial charge in [0.1, 0.15) is 0 Å². The van der Waals surface area contributed by atoms with Crippen molar-refractivity contribution >= 4 is 28.9 Å². The molecule has 2 aromatic carbocycles. The lowest BCUT2D eigenvalue weighted by molar-refractivity contribution is -0.115. The normalized spacial score (nSPS) is 10.7. The number of hydrogen-bond donors (Lipinski definition) is 2. The highest BCUT2D eigenvalue weighted by molar-refractivity contribution is 6.30. The highest BCUT2D eigenvalue weighted by Gasteiger charge is 2.09. The molecular formula is C19H23ClN2O. The fraction of sp³-hybridized carbons (Fsp3) is 0.316. The number of benzene rings is 2. The molecule has 0 bridgehead atoms. The van der Waals surface area contributed by atoms with Crippen molar-refractivity contribution in [1.82, 2.24) is 0 Å². The minimum absolute atomic E-state index is 0.0143. The van der Waals surface area contributed by atoms with Gasteiger partial charge in [0, 0.05) is 29.4 Å². The molecule has 0 fully saturated rings. The molecule has 0 unspecified atom stereocenters. The van der Waals surface area contributed by atoms with Crippen LogP contribution in [0.3, 0.4) is 0 Å². The van der Waals surface area contributed by atoms with Crippen LogP contribution < -0.4 is 10.6 Å². The highest BCUT2D eigenvalue weighted by atomic mass is 35.5. The number of anilines is 2. The molecule has 4 heteroatoms. The minimum atomic E-state index is -0.0143. The summed E-state index contributed by atoms with van der Waals surface area (Å²) >= 11 is 5.83. The van der Waals surface area contributed by atoms with E-state index < -0.39 is 0 Å². The maximum Gasteiger partial charge on any atom is 0.226 e. The molecular weight excluding hydrogens is 308 g/mol. The molecule has 0 aliphatic heterocycles. The van der Waals surface area contributed by atoms with E-state index in [1.165, 1.54) is 11.1 Å². The maximum absolute atomic E-state index is 12.0. The molecule has 2 N–H and O–H groups in total.